The van der Waals surface area contributed by atoms with E-state index in [2.05, 4.69) is 5.10 Å². The Morgan fingerprint density at radius 3 is 2.60 bits per heavy atom. The highest BCUT2D eigenvalue weighted by Crippen LogP contribution is 2.07. The Morgan fingerprint density at radius 1 is 1.40 bits per heavy atom. The predicted octanol–water partition coefficient (Wildman–Crippen LogP) is 1.25. The first-order chi connectivity index (χ1) is 7.09. The summed E-state index contributed by atoms with van der Waals surface area (Å²) >= 11 is 0. The smallest absolute Gasteiger partial charge is 0.303 e. The number of carbonyl (C=O) groups is 2. The van der Waals surface area contributed by atoms with E-state index in [4.69, 9.17) is 5.11 Å². The molecule has 0 aromatic carbocycles. The van der Waals surface area contributed by atoms with Crippen molar-refractivity contribution in [2.45, 2.75) is 25.7 Å². The van der Waals surface area contributed by atoms with Crippen LogP contribution < -0.4 is 0 Å². The molecule has 5 nitrogen and oxygen atoms in total. The molecular formula is C10H14N2O3. The third-order valence-electron chi connectivity index (χ3n) is 2.07. The van der Waals surface area contributed by atoms with Crippen molar-refractivity contribution in [3.8, 4) is 0 Å². The molecule has 1 N–H and O–H groups in total. The minimum atomic E-state index is -0.816. The number of carboxylic acids is 1. The predicted molar refractivity (Wildman–Crippen MR) is 53.6 cm³/mol. The quantitative estimate of drug-likeness (QED) is 0.566. The van der Waals surface area contributed by atoms with Gasteiger partial charge in [0.15, 0.2) is 5.78 Å². The minimum absolute atomic E-state index is 0.0217. The van der Waals surface area contributed by atoms with E-state index >= 15 is 0 Å². The summed E-state index contributed by atoms with van der Waals surface area (Å²) in [6.07, 6.45) is 4.86. The van der Waals surface area contributed by atoms with Gasteiger partial charge in [-0.1, -0.05) is 0 Å². The monoisotopic (exact) mass is 210 g/mol. The van der Waals surface area contributed by atoms with Gasteiger partial charge in [-0.05, 0) is 12.8 Å². The first-order valence-corrected chi connectivity index (χ1v) is 4.83. The molecule has 0 radical (unpaired) electrons. The molecule has 0 aliphatic carbocycles. The summed E-state index contributed by atoms with van der Waals surface area (Å²) in [5.74, 6) is -0.794. The molecule has 0 aliphatic heterocycles. The average molecular weight is 210 g/mol. The van der Waals surface area contributed by atoms with Crippen LogP contribution in [0.25, 0.3) is 0 Å². The molecule has 1 rings (SSSR count). The zero-order valence-corrected chi connectivity index (χ0v) is 8.64. The van der Waals surface area contributed by atoms with Crippen LogP contribution in [0, 0.1) is 0 Å². The lowest BCUT2D eigenvalue weighted by atomic mass is 10.1. The van der Waals surface area contributed by atoms with Crippen LogP contribution in [0.3, 0.4) is 0 Å². The van der Waals surface area contributed by atoms with E-state index in [-0.39, 0.29) is 12.2 Å². The van der Waals surface area contributed by atoms with Gasteiger partial charge in [0.05, 0.1) is 11.8 Å². The Hall–Kier alpha value is -1.65. The highest BCUT2D eigenvalue weighted by molar-refractivity contribution is 5.95. The highest BCUT2D eigenvalue weighted by atomic mass is 16.4. The molecule has 0 fully saturated rings. The molecule has 0 spiro atoms. The summed E-state index contributed by atoms with van der Waals surface area (Å²) in [4.78, 5) is 21.7. The average Bonchev–Trinajstić information content (AvgIpc) is 2.59. The van der Waals surface area contributed by atoms with E-state index in [1.807, 2.05) is 0 Å². The second kappa shape index (κ2) is 5.29. The summed E-state index contributed by atoms with van der Waals surface area (Å²) in [5, 5.41) is 12.3. The van der Waals surface area contributed by atoms with Gasteiger partial charge in [-0.25, -0.2) is 0 Å². The first kappa shape index (κ1) is 11.4. The van der Waals surface area contributed by atoms with Gasteiger partial charge in [-0.3, -0.25) is 14.3 Å². The van der Waals surface area contributed by atoms with Crippen molar-refractivity contribution < 1.29 is 14.7 Å². The molecule has 15 heavy (non-hydrogen) atoms. The van der Waals surface area contributed by atoms with Crippen LogP contribution in [0.2, 0.25) is 0 Å². The molecular weight excluding hydrogens is 196 g/mol. The maximum atomic E-state index is 11.5. The molecule has 0 saturated carbocycles. The number of carbonyl (C=O) groups excluding carboxylic acids is 1. The number of unbranched alkanes of at least 4 members (excludes halogenated alkanes) is 1. The van der Waals surface area contributed by atoms with E-state index in [1.165, 1.54) is 6.20 Å². The fourth-order valence-electron chi connectivity index (χ4n) is 1.27. The van der Waals surface area contributed by atoms with Crippen molar-refractivity contribution in [1.82, 2.24) is 9.78 Å². The van der Waals surface area contributed by atoms with Crippen LogP contribution in [0.1, 0.15) is 36.0 Å². The zero-order valence-electron chi connectivity index (χ0n) is 8.64. The second-order valence-corrected chi connectivity index (χ2v) is 3.43. The van der Waals surface area contributed by atoms with E-state index in [0.29, 0.717) is 24.8 Å². The zero-order chi connectivity index (χ0) is 11.3. The fourth-order valence-corrected chi connectivity index (χ4v) is 1.27. The van der Waals surface area contributed by atoms with Gasteiger partial charge in [-0.2, -0.15) is 5.10 Å². The van der Waals surface area contributed by atoms with Crippen LogP contribution in [0.4, 0.5) is 0 Å². The number of Topliss-reactive ketones (excluding diaryl/α,β-unsaturated/α-hetero) is 1. The van der Waals surface area contributed by atoms with Gasteiger partial charge in [0, 0.05) is 26.1 Å². The summed E-state index contributed by atoms with van der Waals surface area (Å²) < 4.78 is 1.57. The van der Waals surface area contributed by atoms with Crippen molar-refractivity contribution in [3.63, 3.8) is 0 Å². The van der Waals surface area contributed by atoms with Crippen LogP contribution >= 0.6 is 0 Å². The number of rotatable bonds is 6. The number of ketones is 1. The molecule has 0 amide bonds. The largest absolute Gasteiger partial charge is 0.481 e. The molecule has 1 aromatic rings. The SMILES string of the molecule is Cn1cc(C(=O)CCCCC(=O)O)cn1. The summed E-state index contributed by atoms with van der Waals surface area (Å²) in [6.45, 7) is 0. The van der Waals surface area contributed by atoms with E-state index in [1.54, 1.807) is 17.9 Å². The number of aliphatic carboxylic acids is 1. The lowest BCUT2D eigenvalue weighted by Crippen LogP contribution is -1.99. The number of hydrogen-bond donors (Lipinski definition) is 1. The Balaban J connectivity index is 2.28. The van der Waals surface area contributed by atoms with E-state index < -0.39 is 5.97 Å². The van der Waals surface area contributed by atoms with Crippen molar-refractivity contribution in [3.05, 3.63) is 18.0 Å². The maximum Gasteiger partial charge on any atom is 0.303 e. The summed E-state index contributed by atoms with van der Waals surface area (Å²) in [6, 6.07) is 0. The van der Waals surface area contributed by atoms with Crippen molar-refractivity contribution in [2.75, 3.05) is 0 Å². The van der Waals surface area contributed by atoms with Crippen LogP contribution in [0.15, 0.2) is 12.4 Å². The van der Waals surface area contributed by atoms with Gasteiger partial charge >= 0.3 is 5.97 Å². The number of aryl methyl sites for hydroxylation is 1. The molecule has 0 atom stereocenters. The second-order valence-electron chi connectivity index (χ2n) is 3.43. The molecule has 0 bridgehead atoms. The number of aromatic nitrogens is 2. The normalized spacial score (nSPS) is 10.2. The van der Waals surface area contributed by atoms with Crippen LogP contribution in [-0.4, -0.2) is 26.6 Å². The van der Waals surface area contributed by atoms with E-state index in [9.17, 15) is 9.59 Å². The Labute approximate surface area is 87.7 Å². The summed E-state index contributed by atoms with van der Waals surface area (Å²) in [5.41, 5.74) is 0.591. The van der Waals surface area contributed by atoms with Crippen molar-refractivity contribution in [2.24, 2.45) is 7.05 Å². The maximum absolute atomic E-state index is 11.5. The highest BCUT2D eigenvalue weighted by Gasteiger charge is 2.07. The van der Waals surface area contributed by atoms with Gasteiger partial charge in [-0.15, -0.1) is 0 Å². The standard InChI is InChI=1S/C10H14N2O3/c1-12-7-8(6-11-12)9(13)4-2-3-5-10(14)15/h6-7H,2-5H2,1H3,(H,14,15). The summed E-state index contributed by atoms with van der Waals surface area (Å²) in [7, 11) is 1.75. The Bertz CT molecular complexity index is 357. The van der Waals surface area contributed by atoms with Gasteiger partial charge in [0.2, 0.25) is 0 Å². The van der Waals surface area contributed by atoms with Gasteiger partial charge in [0.1, 0.15) is 0 Å². The lowest BCUT2D eigenvalue weighted by Gasteiger charge is -1.96. The van der Waals surface area contributed by atoms with Crippen LogP contribution in [0.5, 0.6) is 0 Å². The third-order valence-corrected chi connectivity index (χ3v) is 2.07. The molecule has 82 valence electrons. The molecule has 1 aromatic heterocycles. The third kappa shape index (κ3) is 3.93. The van der Waals surface area contributed by atoms with Crippen molar-refractivity contribution in [1.29, 1.82) is 0 Å². The Morgan fingerprint density at radius 2 is 2.07 bits per heavy atom. The molecule has 0 aliphatic rings. The first-order valence-electron chi connectivity index (χ1n) is 4.83. The van der Waals surface area contributed by atoms with Crippen LogP contribution in [-0.2, 0) is 11.8 Å². The lowest BCUT2D eigenvalue weighted by molar-refractivity contribution is -0.137. The molecule has 1 heterocycles. The van der Waals surface area contributed by atoms with Gasteiger partial charge < -0.3 is 5.11 Å². The van der Waals surface area contributed by atoms with Crippen molar-refractivity contribution >= 4 is 11.8 Å². The van der Waals surface area contributed by atoms with E-state index in [0.717, 1.165) is 0 Å². The molecule has 0 unspecified atom stereocenters. The topological polar surface area (TPSA) is 72.2 Å². The number of carboxylic acid groups (broad SMARTS) is 1. The fraction of sp³-hybridized carbons (Fsp3) is 0.500. The molecule has 5 heteroatoms. The molecule has 0 saturated heterocycles. The number of nitrogens with zero attached hydrogens (tertiary/aromatic N) is 2. The number of hydrogen-bond acceptors (Lipinski definition) is 3. The minimum Gasteiger partial charge on any atom is -0.481 e. The van der Waals surface area contributed by atoms with Gasteiger partial charge in [0.25, 0.3) is 0 Å². The Kier molecular flexibility index (Phi) is 4.03.